The van der Waals surface area contributed by atoms with E-state index in [4.69, 9.17) is 4.74 Å². The number of hydrogen-bond acceptors (Lipinski definition) is 6. The van der Waals surface area contributed by atoms with Crippen molar-refractivity contribution in [1.82, 2.24) is 0 Å². The molecule has 0 aliphatic heterocycles. The zero-order chi connectivity index (χ0) is 18.2. The molecule has 25 heavy (non-hydrogen) atoms. The highest BCUT2D eigenvalue weighted by Gasteiger charge is 2.38. The number of aliphatic imine (C=N–C) groups is 1. The largest absolute Gasteiger partial charge is 0.462 e. The molecule has 1 aromatic rings. The number of carbonyl (C=O) groups excluding carboxylic acids is 3. The van der Waals surface area contributed by atoms with Crippen LogP contribution in [0, 0.1) is 11.3 Å². The zero-order valence-corrected chi connectivity index (χ0v) is 15.7. The third kappa shape index (κ3) is 3.59. The number of Topliss-reactive ketones (excluding diaryl/α,β-unsaturated/α-hetero) is 2. The molecule has 3 rings (SSSR count). The predicted octanol–water partition coefficient (Wildman–Crippen LogP) is 3.69. The first kappa shape index (κ1) is 18.0. The maximum absolute atomic E-state index is 12.3. The molecule has 0 bridgehead atoms. The van der Waals surface area contributed by atoms with Gasteiger partial charge in [0.15, 0.2) is 0 Å². The Morgan fingerprint density at radius 1 is 1.28 bits per heavy atom. The first-order valence-corrected chi connectivity index (χ1v) is 9.55. The number of hydrogen-bond donors (Lipinski definition) is 0. The van der Waals surface area contributed by atoms with Crippen molar-refractivity contribution < 1.29 is 19.1 Å². The Morgan fingerprint density at radius 3 is 2.60 bits per heavy atom. The molecular formula is C19H23NO4S. The molecule has 0 atom stereocenters. The van der Waals surface area contributed by atoms with E-state index < -0.39 is 5.92 Å². The Hall–Kier alpha value is -1.82. The van der Waals surface area contributed by atoms with Gasteiger partial charge in [0, 0.05) is 23.9 Å². The smallest absolute Gasteiger partial charge is 0.341 e. The number of fused-ring (bicyclic) bond motifs is 1. The molecule has 0 spiro atoms. The van der Waals surface area contributed by atoms with Crippen molar-refractivity contribution >= 4 is 40.1 Å². The molecule has 0 saturated heterocycles. The molecule has 1 fully saturated rings. The number of ketones is 2. The fourth-order valence-corrected chi connectivity index (χ4v) is 4.84. The van der Waals surface area contributed by atoms with Crippen LogP contribution in [0.1, 0.15) is 60.8 Å². The van der Waals surface area contributed by atoms with Crippen molar-refractivity contribution in [1.29, 1.82) is 0 Å². The molecule has 5 nitrogen and oxygen atoms in total. The van der Waals surface area contributed by atoms with Crippen LogP contribution in [0.3, 0.4) is 0 Å². The Kier molecular flexibility index (Phi) is 4.91. The van der Waals surface area contributed by atoms with Gasteiger partial charge in [0.25, 0.3) is 0 Å². The molecule has 2 aliphatic carbocycles. The second kappa shape index (κ2) is 6.83. The summed E-state index contributed by atoms with van der Waals surface area (Å²) in [5, 5.41) is 0.564. The van der Waals surface area contributed by atoms with E-state index in [0.29, 0.717) is 30.0 Å². The van der Waals surface area contributed by atoms with Crippen LogP contribution in [0.4, 0.5) is 5.00 Å². The maximum Gasteiger partial charge on any atom is 0.341 e. The predicted molar refractivity (Wildman–Crippen MR) is 97.0 cm³/mol. The minimum atomic E-state index is -0.792. The van der Waals surface area contributed by atoms with Crippen molar-refractivity contribution in [2.45, 2.75) is 52.9 Å². The van der Waals surface area contributed by atoms with Gasteiger partial charge in [-0.05, 0) is 37.2 Å². The molecule has 6 heteroatoms. The summed E-state index contributed by atoms with van der Waals surface area (Å²) < 4.78 is 5.17. The van der Waals surface area contributed by atoms with Gasteiger partial charge < -0.3 is 4.74 Å². The van der Waals surface area contributed by atoms with E-state index in [-0.39, 0.29) is 23.0 Å². The lowest BCUT2D eigenvalue weighted by Gasteiger charge is -2.30. The Morgan fingerprint density at radius 2 is 1.96 bits per heavy atom. The summed E-state index contributed by atoms with van der Waals surface area (Å²) >= 11 is 1.47. The maximum atomic E-state index is 12.3. The summed E-state index contributed by atoms with van der Waals surface area (Å²) in [7, 11) is 0. The minimum Gasteiger partial charge on any atom is -0.462 e. The van der Waals surface area contributed by atoms with E-state index in [1.165, 1.54) is 17.6 Å². The number of ether oxygens (including phenoxy) is 1. The van der Waals surface area contributed by atoms with Gasteiger partial charge in [0.05, 0.1) is 12.2 Å². The molecule has 134 valence electrons. The van der Waals surface area contributed by atoms with Gasteiger partial charge in [0.1, 0.15) is 22.5 Å². The van der Waals surface area contributed by atoms with Crippen LogP contribution in [0.5, 0.6) is 0 Å². The summed E-state index contributed by atoms with van der Waals surface area (Å²) in [5.74, 6) is -1.34. The van der Waals surface area contributed by atoms with Gasteiger partial charge in [-0.2, -0.15) is 0 Å². The monoisotopic (exact) mass is 361 g/mol. The number of aryl methyl sites for hydroxylation is 1. The molecule has 0 amide bonds. The fourth-order valence-electron chi connectivity index (χ4n) is 3.61. The summed E-state index contributed by atoms with van der Waals surface area (Å²) in [6.07, 6.45) is 5.01. The number of rotatable bonds is 4. The van der Waals surface area contributed by atoms with E-state index in [1.807, 2.05) is 13.8 Å². The quantitative estimate of drug-likeness (QED) is 0.466. The third-order valence-electron chi connectivity index (χ3n) is 4.72. The lowest BCUT2D eigenvalue weighted by atomic mass is 9.72. The zero-order valence-electron chi connectivity index (χ0n) is 14.9. The number of thiophene rings is 1. The summed E-state index contributed by atoms with van der Waals surface area (Å²) in [6.45, 7) is 5.94. The van der Waals surface area contributed by atoms with Crippen LogP contribution in [0.2, 0.25) is 0 Å². The van der Waals surface area contributed by atoms with Crippen molar-refractivity contribution in [2.24, 2.45) is 16.3 Å². The normalized spacial score (nSPS) is 20.3. The highest BCUT2D eigenvalue weighted by molar-refractivity contribution is 7.16. The van der Waals surface area contributed by atoms with Gasteiger partial charge >= 0.3 is 5.97 Å². The van der Waals surface area contributed by atoms with Crippen molar-refractivity contribution in [2.75, 3.05) is 6.61 Å². The highest BCUT2D eigenvalue weighted by atomic mass is 32.1. The van der Waals surface area contributed by atoms with E-state index >= 15 is 0 Å². The minimum absolute atomic E-state index is 0.0909. The molecular weight excluding hydrogens is 338 g/mol. The van der Waals surface area contributed by atoms with Crippen LogP contribution < -0.4 is 0 Å². The molecule has 1 saturated carbocycles. The molecule has 0 unspecified atom stereocenters. The molecule has 1 heterocycles. The molecule has 2 aliphatic rings. The summed E-state index contributed by atoms with van der Waals surface area (Å²) in [6, 6.07) is 0. The molecule has 0 radical (unpaired) electrons. The molecule has 0 aromatic carbocycles. The van der Waals surface area contributed by atoms with Gasteiger partial charge in [-0.1, -0.05) is 13.8 Å². The Labute approximate surface area is 151 Å². The topological polar surface area (TPSA) is 72.8 Å². The summed E-state index contributed by atoms with van der Waals surface area (Å²) in [5.41, 5.74) is 1.27. The van der Waals surface area contributed by atoms with Crippen LogP contribution >= 0.6 is 11.3 Å². The van der Waals surface area contributed by atoms with Gasteiger partial charge in [-0.25, -0.2) is 9.79 Å². The summed E-state index contributed by atoms with van der Waals surface area (Å²) in [4.78, 5) is 42.5. The first-order valence-electron chi connectivity index (χ1n) is 8.73. The standard InChI is InChI=1S/C19H23NO4S/c1-4-24-18(23)16-11-6-5-7-15(11)25-17(16)20-10-12-13(21)8-19(2,3)9-14(12)22/h10,12H,4-9H2,1-3H3. The Balaban J connectivity index is 1.88. The van der Waals surface area contributed by atoms with Crippen molar-refractivity contribution in [3.8, 4) is 0 Å². The van der Waals surface area contributed by atoms with Crippen LogP contribution in [0.15, 0.2) is 4.99 Å². The van der Waals surface area contributed by atoms with Gasteiger partial charge in [-0.15, -0.1) is 11.3 Å². The van der Waals surface area contributed by atoms with Crippen molar-refractivity contribution in [3.63, 3.8) is 0 Å². The molecule has 0 N–H and O–H groups in total. The Bertz CT molecular complexity index is 740. The highest BCUT2D eigenvalue weighted by Crippen LogP contribution is 2.41. The van der Waals surface area contributed by atoms with E-state index in [1.54, 1.807) is 6.92 Å². The van der Waals surface area contributed by atoms with Crippen LogP contribution in [-0.4, -0.2) is 30.4 Å². The van der Waals surface area contributed by atoms with Gasteiger partial charge in [0.2, 0.25) is 0 Å². The number of esters is 1. The average Bonchev–Trinajstić information content (AvgIpc) is 3.05. The van der Waals surface area contributed by atoms with Crippen molar-refractivity contribution in [3.05, 3.63) is 16.0 Å². The third-order valence-corrected chi connectivity index (χ3v) is 5.92. The number of nitrogens with zero attached hydrogens (tertiary/aromatic N) is 1. The second-order valence-corrected chi connectivity index (χ2v) is 8.55. The lowest BCUT2D eigenvalue weighted by molar-refractivity contribution is -0.136. The SMILES string of the molecule is CCOC(=O)c1c(N=CC2C(=O)CC(C)(C)CC2=O)sc2c1CCC2. The number of carbonyl (C=O) groups is 3. The van der Waals surface area contributed by atoms with Crippen LogP contribution in [0.25, 0.3) is 0 Å². The van der Waals surface area contributed by atoms with E-state index in [2.05, 4.69) is 4.99 Å². The van der Waals surface area contributed by atoms with Crippen LogP contribution in [-0.2, 0) is 27.2 Å². The first-order chi connectivity index (χ1) is 11.8. The van der Waals surface area contributed by atoms with Gasteiger partial charge in [-0.3, -0.25) is 9.59 Å². The second-order valence-electron chi connectivity index (χ2n) is 7.46. The molecule has 1 aromatic heterocycles. The lowest BCUT2D eigenvalue weighted by Crippen LogP contribution is -2.38. The van der Waals surface area contributed by atoms with E-state index in [0.717, 1.165) is 29.7 Å². The fraction of sp³-hybridized carbons (Fsp3) is 0.579. The average molecular weight is 361 g/mol. The van der Waals surface area contributed by atoms with E-state index in [9.17, 15) is 14.4 Å².